The molecule has 1 unspecified atom stereocenters. The molecule has 3 nitrogen and oxygen atoms in total. The van der Waals surface area contributed by atoms with Crippen LogP contribution in [0.1, 0.15) is 17.2 Å². The molecule has 112 valence electrons. The van der Waals surface area contributed by atoms with E-state index in [0.717, 1.165) is 18.2 Å². The van der Waals surface area contributed by atoms with Gasteiger partial charge in [-0.25, -0.2) is 8.78 Å². The predicted molar refractivity (Wildman–Crippen MR) is 75.0 cm³/mol. The first-order valence-electron chi connectivity index (χ1n) is 6.01. The van der Waals surface area contributed by atoms with Crippen LogP contribution < -0.4 is 9.47 Å². The standard InChI is InChI=1S/C15H13ClF2O3/c1-20-13-6-11(12(16)7-14(13)21-2)15(19)8-3-9(17)5-10(18)4-8/h3-7,15,19H,1-2H3. The number of halogens is 3. The Labute approximate surface area is 125 Å². The van der Waals surface area contributed by atoms with Gasteiger partial charge < -0.3 is 14.6 Å². The second-order valence-electron chi connectivity index (χ2n) is 4.33. The van der Waals surface area contributed by atoms with Crippen molar-refractivity contribution in [2.45, 2.75) is 6.10 Å². The van der Waals surface area contributed by atoms with Crippen molar-refractivity contribution in [3.05, 3.63) is 58.1 Å². The summed E-state index contributed by atoms with van der Waals surface area (Å²) >= 11 is 6.08. The van der Waals surface area contributed by atoms with E-state index < -0.39 is 17.7 Å². The summed E-state index contributed by atoms with van der Waals surface area (Å²) in [7, 11) is 2.88. The number of aliphatic hydroxyl groups excluding tert-OH is 1. The van der Waals surface area contributed by atoms with Gasteiger partial charge in [0.1, 0.15) is 17.7 Å². The zero-order valence-electron chi connectivity index (χ0n) is 11.4. The molecule has 6 heteroatoms. The Kier molecular flexibility index (Phi) is 4.65. The topological polar surface area (TPSA) is 38.7 Å². The number of methoxy groups -OCH3 is 2. The minimum Gasteiger partial charge on any atom is -0.493 e. The lowest BCUT2D eigenvalue weighted by Crippen LogP contribution is -2.03. The molecule has 0 radical (unpaired) electrons. The van der Waals surface area contributed by atoms with Gasteiger partial charge in [-0.2, -0.15) is 0 Å². The van der Waals surface area contributed by atoms with E-state index in [9.17, 15) is 13.9 Å². The summed E-state index contributed by atoms with van der Waals surface area (Å²) in [4.78, 5) is 0. The summed E-state index contributed by atoms with van der Waals surface area (Å²) in [5.74, 6) is -0.807. The van der Waals surface area contributed by atoms with Crippen molar-refractivity contribution in [3.8, 4) is 11.5 Å². The van der Waals surface area contributed by atoms with Crippen LogP contribution >= 0.6 is 11.6 Å². The molecule has 1 N–H and O–H groups in total. The van der Waals surface area contributed by atoms with E-state index in [-0.39, 0.29) is 16.1 Å². The third-order valence-electron chi connectivity index (χ3n) is 3.00. The van der Waals surface area contributed by atoms with Crippen molar-refractivity contribution in [1.82, 2.24) is 0 Å². The SMILES string of the molecule is COc1cc(Cl)c(C(O)c2cc(F)cc(F)c2)cc1OC. The van der Waals surface area contributed by atoms with Crippen molar-refractivity contribution in [1.29, 1.82) is 0 Å². The lowest BCUT2D eigenvalue weighted by atomic mass is 10.0. The summed E-state index contributed by atoms with van der Waals surface area (Å²) in [6.45, 7) is 0. The third-order valence-corrected chi connectivity index (χ3v) is 3.33. The van der Waals surface area contributed by atoms with Gasteiger partial charge >= 0.3 is 0 Å². The normalized spacial score (nSPS) is 12.1. The van der Waals surface area contributed by atoms with Crippen molar-refractivity contribution in [2.75, 3.05) is 14.2 Å². The van der Waals surface area contributed by atoms with Gasteiger partial charge in [0.05, 0.1) is 19.2 Å². The van der Waals surface area contributed by atoms with Crippen molar-refractivity contribution >= 4 is 11.6 Å². The van der Waals surface area contributed by atoms with Crippen LogP contribution in [0.15, 0.2) is 30.3 Å². The fraction of sp³-hybridized carbons (Fsp3) is 0.200. The van der Waals surface area contributed by atoms with Crippen LogP contribution in [0.5, 0.6) is 11.5 Å². The Morgan fingerprint density at radius 3 is 2.00 bits per heavy atom. The Morgan fingerprint density at radius 1 is 0.952 bits per heavy atom. The Hall–Kier alpha value is -1.85. The molecule has 2 rings (SSSR count). The lowest BCUT2D eigenvalue weighted by Gasteiger charge is -2.16. The van der Waals surface area contributed by atoms with Gasteiger partial charge in [-0.15, -0.1) is 0 Å². The van der Waals surface area contributed by atoms with Gasteiger partial charge in [0.25, 0.3) is 0 Å². The number of benzene rings is 2. The largest absolute Gasteiger partial charge is 0.493 e. The molecule has 1 atom stereocenters. The first-order valence-corrected chi connectivity index (χ1v) is 6.39. The first kappa shape index (κ1) is 15.5. The maximum Gasteiger partial charge on any atom is 0.162 e. The van der Waals surface area contributed by atoms with Crippen LogP contribution in [0.4, 0.5) is 8.78 Å². The molecule has 0 saturated heterocycles. The fourth-order valence-electron chi connectivity index (χ4n) is 1.99. The zero-order chi connectivity index (χ0) is 15.6. The molecule has 2 aromatic rings. The van der Waals surface area contributed by atoms with Crippen LogP contribution in [-0.4, -0.2) is 19.3 Å². The molecule has 0 aliphatic heterocycles. The number of aliphatic hydroxyl groups is 1. The minimum atomic E-state index is -1.29. The number of hydrogen-bond acceptors (Lipinski definition) is 3. The smallest absolute Gasteiger partial charge is 0.162 e. The van der Waals surface area contributed by atoms with E-state index >= 15 is 0 Å². The van der Waals surface area contributed by atoms with Gasteiger partial charge in [-0.05, 0) is 23.8 Å². The Bertz CT molecular complexity index is 641. The molecule has 0 aliphatic rings. The molecular weight excluding hydrogens is 302 g/mol. The molecule has 0 amide bonds. The average molecular weight is 315 g/mol. The lowest BCUT2D eigenvalue weighted by molar-refractivity contribution is 0.218. The molecule has 0 bridgehead atoms. The van der Waals surface area contributed by atoms with Crippen LogP contribution in [-0.2, 0) is 0 Å². The van der Waals surface area contributed by atoms with E-state index in [1.54, 1.807) is 0 Å². The molecule has 0 aliphatic carbocycles. The van der Waals surface area contributed by atoms with E-state index in [0.29, 0.717) is 11.5 Å². The third kappa shape index (κ3) is 3.25. The molecular formula is C15H13ClF2O3. The van der Waals surface area contributed by atoms with Crippen molar-refractivity contribution in [3.63, 3.8) is 0 Å². The highest BCUT2D eigenvalue weighted by Gasteiger charge is 2.19. The number of rotatable bonds is 4. The van der Waals surface area contributed by atoms with E-state index in [2.05, 4.69) is 0 Å². The van der Waals surface area contributed by atoms with Gasteiger partial charge in [-0.3, -0.25) is 0 Å². The summed E-state index contributed by atoms with van der Waals surface area (Å²) < 4.78 is 36.7. The maximum atomic E-state index is 13.2. The second kappa shape index (κ2) is 6.28. The highest BCUT2D eigenvalue weighted by Crippen LogP contribution is 2.37. The van der Waals surface area contributed by atoms with Crippen molar-refractivity contribution < 1.29 is 23.4 Å². The first-order chi connectivity index (χ1) is 9.96. The summed E-state index contributed by atoms with van der Waals surface area (Å²) in [6, 6.07) is 5.75. The molecule has 0 heterocycles. The average Bonchev–Trinajstić information content (AvgIpc) is 2.45. The quantitative estimate of drug-likeness (QED) is 0.935. The molecule has 21 heavy (non-hydrogen) atoms. The molecule has 0 saturated carbocycles. The van der Waals surface area contributed by atoms with Gasteiger partial charge in [-0.1, -0.05) is 11.6 Å². The molecule has 0 spiro atoms. The summed E-state index contributed by atoms with van der Waals surface area (Å²) in [5.41, 5.74) is 0.320. The van der Waals surface area contributed by atoms with Gasteiger partial charge in [0, 0.05) is 17.7 Å². The van der Waals surface area contributed by atoms with E-state index in [1.165, 1.54) is 26.4 Å². The second-order valence-corrected chi connectivity index (χ2v) is 4.74. The maximum absolute atomic E-state index is 13.2. The highest BCUT2D eigenvalue weighted by atomic mass is 35.5. The molecule has 0 fully saturated rings. The van der Waals surface area contributed by atoms with Crippen LogP contribution in [0.3, 0.4) is 0 Å². The predicted octanol–water partition coefficient (Wildman–Crippen LogP) is 3.72. The number of hydrogen-bond donors (Lipinski definition) is 1. The molecule has 0 aromatic heterocycles. The monoisotopic (exact) mass is 314 g/mol. The summed E-state index contributed by atoms with van der Waals surface area (Å²) in [5, 5.41) is 10.5. The van der Waals surface area contributed by atoms with Crippen LogP contribution in [0.2, 0.25) is 5.02 Å². The van der Waals surface area contributed by atoms with E-state index in [4.69, 9.17) is 21.1 Å². The summed E-state index contributed by atoms with van der Waals surface area (Å²) in [6.07, 6.45) is -1.29. The van der Waals surface area contributed by atoms with E-state index in [1.807, 2.05) is 0 Å². The highest BCUT2D eigenvalue weighted by molar-refractivity contribution is 6.31. The van der Waals surface area contributed by atoms with Crippen molar-refractivity contribution in [2.24, 2.45) is 0 Å². The van der Waals surface area contributed by atoms with Gasteiger partial charge in [0.15, 0.2) is 11.5 Å². The van der Waals surface area contributed by atoms with Crippen LogP contribution in [0, 0.1) is 11.6 Å². The fourth-order valence-corrected chi connectivity index (χ4v) is 2.25. The Morgan fingerprint density at radius 2 is 1.48 bits per heavy atom. The minimum absolute atomic E-state index is 0.0571. The Balaban J connectivity index is 2.49. The van der Waals surface area contributed by atoms with Gasteiger partial charge in [0.2, 0.25) is 0 Å². The number of ether oxygens (including phenoxy) is 2. The zero-order valence-corrected chi connectivity index (χ0v) is 12.1. The van der Waals surface area contributed by atoms with Crippen LogP contribution in [0.25, 0.3) is 0 Å². The molecule has 2 aromatic carbocycles.